The Kier molecular flexibility index (Phi) is 2.15. The lowest BCUT2D eigenvalue weighted by molar-refractivity contribution is 0.625. The molecule has 1 aromatic carbocycles. The van der Waals surface area contributed by atoms with E-state index in [-0.39, 0.29) is 11.7 Å². The minimum absolute atomic E-state index is 0.244. The first kappa shape index (κ1) is 9.40. The largest absolute Gasteiger partial charge is 0.375 e. The molecule has 0 unspecified atom stereocenters. The fraction of sp³-hybridized carbons (Fsp3) is 0.300. The van der Waals surface area contributed by atoms with Gasteiger partial charge in [-0.25, -0.2) is 9.37 Å². The van der Waals surface area contributed by atoms with Gasteiger partial charge in [0.1, 0.15) is 5.82 Å². The molecule has 0 fully saturated rings. The van der Waals surface area contributed by atoms with Crippen molar-refractivity contribution in [1.82, 2.24) is 4.98 Å². The first-order chi connectivity index (χ1) is 6.58. The summed E-state index contributed by atoms with van der Waals surface area (Å²) in [6, 6.07) is 2.98. The minimum Gasteiger partial charge on any atom is -0.375 e. The molecule has 0 radical (unpaired) electrons. The van der Waals surface area contributed by atoms with E-state index in [1.165, 1.54) is 17.4 Å². The van der Waals surface area contributed by atoms with Crippen LogP contribution >= 0.6 is 11.3 Å². The molecule has 2 aromatic rings. The summed E-state index contributed by atoms with van der Waals surface area (Å²) >= 11 is 1.42. The Hall–Kier alpha value is -1.16. The molecule has 0 aliphatic heterocycles. The van der Waals surface area contributed by atoms with E-state index >= 15 is 0 Å². The second kappa shape index (κ2) is 3.20. The minimum atomic E-state index is -0.244. The highest BCUT2D eigenvalue weighted by atomic mass is 32.1. The Morgan fingerprint density at radius 2 is 2.14 bits per heavy atom. The van der Waals surface area contributed by atoms with Gasteiger partial charge in [-0.2, -0.15) is 0 Å². The number of aromatic nitrogens is 1. The molecule has 14 heavy (non-hydrogen) atoms. The molecule has 0 bridgehead atoms. The predicted octanol–water partition coefficient (Wildman–Crippen LogP) is 3.14. The number of thiazole rings is 1. The third kappa shape index (κ3) is 1.46. The lowest BCUT2D eigenvalue weighted by atomic mass is 10.0. The maximum atomic E-state index is 13.2. The van der Waals surface area contributed by atoms with Crippen molar-refractivity contribution >= 4 is 26.7 Å². The van der Waals surface area contributed by atoms with Crippen molar-refractivity contribution in [2.24, 2.45) is 0 Å². The number of nitrogens with two attached hydrogens (primary N) is 1. The van der Waals surface area contributed by atoms with Gasteiger partial charge in [0.15, 0.2) is 5.13 Å². The summed E-state index contributed by atoms with van der Waals surface area (Å²) in [6.45, 7) is 4.06. The second-order valence-electron chi connectivity index (χ2n) is 3.55. The number of benzene rings is 1. The van der Waals surface area contributed by atoms with E-state index in [0.29, 0.717) is 10.6 Å². The summed E-state index contributed by atoms with van der Waals surface area (Å²) in [5.74, 6) is 0.0413. The summed E-state index contributed by atoms with van der Waals surface area (Å²) < 4.78 is 14.2. The SMILES string of the molecule is CC(C)c1cc(F)cc2nc(N)sc12. The molecule has 2 rings (SSSR count). The zero-order chi connectivity index (χ0) is 10.3. The first-order valence-electron chi connectivity index (χ1n) is 4.43. The monoisotopic (exact) mass is 210 g/mol. The lowest BCUT2D eigenvalue weighted by Crippen LogP contribution is -1.89. The van der Waals surface area contributed by atoms with Gasteiger partial charge in [0.05, 0.1) is 10.2 Å². The van der Waals surface area contributed by atoms with Crippen molar-refractivity contribution in [2.75, 3.05) is 5.73 Å². The van der Waals surface area contributed by atoms with Crippen LogP contribution in [-0.2, 0) is 0 Å². The molecule has 0 amide bonds. The second-order valence-corrected chi connectivity index (χ2v) is 4.58. The Bertz CT molecular complexity index is 476. The molecule has 0 saturated heterocycles. The molecular weight excluding hydrogens is 199 g/mol. The van der Waals surface area contributed by atoms with Crippen LogP contribution in [0.4, 0.5) is 9.52 Å². The maximum absolute atomic E-state index is 13.2. The van der Waals surface area contributed by atoms with Crippen molar-refractivity contribution in [1.29, 1.82) is 0 Å². The van der Waals surface area contributed by atoms with Crippen LogP contribution in [0.2, 0.25) is 0 Å². The van der Waals surface area contributed by atoms with Gasteiger partial charge < -0.3 is 5.73 Å². The molecule has 0 spiro atoms. The van der Waals surface area contributed by atoms with E-state index in [1.807, 2.05) is 13.8 Å². The number of rotatable bonds is 1. The molecule has 2 N–H and O–H groups in total. The zero-order valence-corrected chi connectivity index (χ0v) is 8.86. The van der Waals surface area contributed by atoms with Crippen LogP contribution in [0.15, 0.2) is 12.1 Å². The normalized spacial score (nSPS) is 11.4. The molecule has 0 atom stereocenters. The molecule has 0 saturated carbocycles. The Labute approximate surface area is 85.6 Å². The van der Waals surface area contributed by atoms with Gasteiger partial charge in [0.2, 0.25) is 0 Å². The summed E-state index contributed by atoms with van der Waals surface area (Å²) in [5, 5.41) is 0.493. The van der Waals surface area contributed by atoms with Crippen LogP contribution in [0.1, 0.15) is 25.3 Å². The molecular formula is C10H11FN2S. The highest BCUT2D eigenvalue weighted by Crippen LogP contribution is 2.32. The van der Waals surface area contributed by atoms with Crippen LogP contribution in [-0.4, -0.2) is 4.98 Å². The van der Waals surface area contributed by atoms with Crippen molar-refractivity contribution in [3.8, 4) is 0 Å². The highest BCUT2D eigenvalue weighted by molar-refractivity contribution is 7.22. The summed E-state index contributed by atoms with van der Waals surface area (Å²) in [5.41, 5.74) is 7.24. The van der Waals surface area contributed by atoms with Gasteiger partial charge in [-0.05, 0) is 17.5 Å². The fourth-order valence-electron chi connectivity index (χ4n) is 1.47. The van der Waals surface area contributed by atoms with Crippen LogP contribution in [0.25, 0.3) is 10.2 Å². The molecule has 4 heteroatoms. The van der Waals surface area contributed by atoms with Crippen molar-refractivity contribution in [2.45, 2.75) is 19.8 Å². The van der Waals surface area contributed by atoms with Crippen LogP contribution in [0.5, 0.6) is 0 Å². The Balaban J connectivity index is 2.79. The predicted molar refractivity (Wildman–Crippen MR) is 58.1 cm³/mol. The lowest BCUT2D eigenvalue weighted by Gasteiger charge is -2.05. The van der Waals surface area contributed by atoms with E-state index < -0.39 is 0 Å². The maximum Gasteiger partial charge on any atom is 0.181 e. The van der Waals surface area contributed by atoms with Crippen molar-refractivity contribution in [3.63, 3.8) is 0 Å². The van der Waals surface area contributed by atoms with Crippen LogP contribution in [0, 0.1) is 5.82 Å². The van der Waals surface area contributed by atoms with Gasteiger partial charge in [0.25, 0.3) is 0 Å². The first-order valence-corrected chi connectivity index (χ1v) is 5.25. The van der Waals surface area contributed by atoms with Crippen molar-refractivity contribution in [3.05, 3.63) is 23.5 Å². The molecule has 1 aromatic heterocycles. The smallest absolute Gasteiger partial charge is 0.181 e. The number of hydrogen-bond donors (Lipinski definition) is 1. The Morgan fingerprint density at radius 3 is 2.79 bits per heavy atom. The highest BCUT2D eigenvalue weighted by Gasteiger charge is 2.11. The molecule has 0 aliphatic carbocycles. The zero-order valence-electron chi connectivity index (χ0n) is 8.04. The third-order valence-electron chi connectivity index (χ3n) is 2.12. The van der Waals surface area contributed by atoms with E-state index in [9.17, 15) is 4.39 Å². The number of nitrogen functional groups attached to an aromatic ring is 1. The molecule has 74 valence electrons. The average molecular weight is 210 g/mol. The summed E-state index contributed by atoms with van der Waals surface area (Å²) in [6.07, 6.45) is 0. The topological polar surface area (TPSA) is 38.9 Å². The molecule has 0 aliphatic rings. The fourth-order valence-corrected chi connectivity index (χ4v) is 2.44. The van der Waals surface area contributed by atoms with E-state index in [2.05, 4.69) is 4.98 Å². The number of halogens is 1. The number of hydrogen-bond acceptors (Lipinski definition) is 3. The summed E-state index contributed by atoms with van der Waals surface area (Å²) in [4.78, 5) is 4.07. The van der Waals surface area contributed by atoms with Gasteiger partial charge in [0, 0.05) is 6.07 Å². The standard InChI is InChI=1S/C10H11FN2S/c1-5(2)7-3-6(11)4-8-9(7)14-10(12)13-8/h3-5H,1-2H3,(H2,12,13). The van der Waals surface area contributed by atoms with E-state index in [4.69, 9.17) is 5.73 Å². The van der Waals surface area contributed by atoms with Gasteiger partial charge in [-0.1, -0.05) is 25.2 Å². The Morgan fingerprint density at radius 1 is 1.43 bits per heavy atom. The van der Waals surface area contributed by atoms with E-state index in [0.717, 1.165) is 10.3 Å². The van der Waals surface area contributed by atoms with Crippen LogP contribution in [0.3, 0.4) is 0 Å². The van der Waals surface area contributed by atoms with Crippen LogP contribution < -0.4 is 5.73 Å². The van der Waals surface area contributed by atoms with Gasteiger partial charge >= 0.3 is 0 Å². The molecule has 2 nitrogen and oxygen atoms in total. The number of fused-ring (bicyclic) bond motifs is 1. The molecule has 1 heterocycles. The average Bonchev–Trinajstić information content (AvgIpc) is 2.42. The number of anilines is 1. The quantitative estimate of drug-likeness (QED) is 0.785. The third-order valence-corrected chi connectivity index (χ3v) is 3.07. The van der Waals surface area contributed by atoms with Gasteiger partial charge in [-0.3, -0.25) is 0 Å². The van der Waals surface area contributed by atoms with Gasteiger partial charge in [-0.15, -0.1) is 0 Å². The van der Waals surface area contributed by atoms with Crippen molar-refractivity contribution < 1.29 is 4.39 Å². The van der Waals surface area contributed by atoms with E-state index in [1.54, 1.807) is 6.07 Å². The summed E-state index contributed by atoms with van der Waals surface area (Å²) in [7, 11) is 0. The number of nitrogens with zero attached hydrogens (tertiary/aromatic N) is 1.